The van der Waals surface area contributed by atoms with Gasteiger partial charge in [0.2, 0.25) is 0 Å². The van der Waals surface area contributed by atoms with E-state index in [1.54, 1.807) is 0 Å². The molecule has 0 atom stereocenters. The predicted octanol–water partition coefficient (Wildman–Crippen LogP) is 4.12. The minimum absolute atomic E-state index is 0.924. The number of fused-ring (bicyclic) bond motifs is 1. The Morgan fingerprint density at radius 1 is 1.15 bits per heavy atom. The Labute approximate surface area is 122 Å². The molecule has 0 unspecified atom stereocenters. The largest absolute Gasteiger partial charge is 0.346 e. The molecule has 108 valence electrons. The molecular weight excluding hydrogens is 244 g/mol. The smallest absolute Gasteiger partial charge is 0.0483 e. The van der Waals surface area contributed by atoms with Crippen molar-refractivity contribution < 1.29 is 0 Å². The summed E-state index contributed by atoms with van der Waals surface area (Å²) in [5, 5.41) is 5.04. The zero-order valence-corrected chi connectivity index (χ0v) is 12.6. The molecule has 0 aliphatic heterocycles. The van der Waals surface area contributed by atoms with Crippen molar-refractivity contribution in [1.82, 2.24) is 9.88 Å². The number of nitrogens with zero attached hydrogens (tertiary/aromatic N) is 1. The van der Waals surface area contributed by atoms with Gasteiger partial charge in [0, 0.05) is 30.2 Å². The molecule has 1 aliphatic carbocycles. The first-order valence-corrected chi connectivity index (χ1v) is 8.10. The van der Waals surface area contributed by atoms with Crippen molar-refractivity contribution in [2.75, 3.05) is 13.1 Å². The van der Waals surface area contributed by atoms with Gasteiger partial charge in [0.1, 0.15) is 0 Å². The van der Waals surface area contributed by atoms with Crippen LogP contribution in [0.25, 0.3) is 10.9 Å². The van der Waals surface area contributed by atoms with E-state index in [0.717, 1.165) is 19.0 Å². The number of nitrogens with one attached hydrogen (secondary N) is 1. The van der Waals surface area contributed by atoms with E-state index in [1.807, 2.05) is 0 Å². The molecule has 1 aromatic heterocycles. The van der Waals surface area contributed by atoms with Gasteiger partial charge in [-0.15, -0.1) is 0 Å². The van der Waals surface area contributed by atoms with Crippen LogP contribution in [0.4, 0.5) is 0 Å². The average Bonchev–Trinajstić information content (AvgIpc) is 2.90. The van der Waals surface area contributed by atoms with Crippen LogP contribution in [0.2, 0.25) is 0 Å². The summed E-state index contributed by atoms with van der Waals surface area (Å²) in [6.45, 7) is 5.54. The van der Waals surface area contributed by atoms with Crippen molar-refractivity contribution in [3.8, 4) is 0 Å². The molecule has 0 amide bonds. The first kappa shape index (κ1) is 13.7. The first-order valence-electron chi connectivity index (χ1n) is 8.10. The molecule has 1 saturated carbocycles. The Morgan fingerprint density at radius 2 is 2.00 bits per heavy atom. The Bertz CT molecular complexity index is 550. The molecule has 2 aromatic rings. The van der Waals surface area contributed by atoms with Crippen molar-refractivity contribution in [3.63, 3.8) is 0 Å². The molecule has 1 fully saturated rings. The SMILES string of the molecule is Cc1cccc2c1ccn2CCNCC1CCCCC1. The third kappa shape index (κ3) is 3.06. The zero-order valence-electron chi connectivity index (χ0n) is 12.6. The standard InChI is InChI=1S/C18H26N2/c1-15-6-5-9-18-17(15)10-12-20(18)13-11-19-14-16-7-3-2-4-8-16/h5-6,9-10,12,16,19H,2-4,7-8,11,13-14H2,1H3. The summed E-state index contributed by atoms with van der Waals surface area (Å²) in [5.74, 6) is 0.924. The van der Waals surface area contributed by atoms with E-state index in [9.17, 15) is 0 Å². The third-order valence-electron chi connectivity index (χ3n) is 4.72. The normalized spacial score (nSPS) is 16.9. The fourth-order valence-corrected chi connectivity index (χ4v) is 3.47. The molecule has 0 saturated heterocycles. The molecule has 1 N–H and O–H groups in total. The van der Waals surface area contributed by atoms with Crippen molar-refractivity contribution in [3.05, 3.63) is 36.0 Å². The monoisotopic (exact) mass is 270 g/mol. The maximum Gasteiger partial charge on any atom is 0.0483 e. The van der Waals surface area contributed by atoms with Crippen LogP contribution in [-0.4, -0.2) is 17.7 Å². The molecular formula is C18H26N2. The Morgan fingerprint density at radius 3 is 2.85 bits per heavy atom. The van der Waals surface area contributed by atoms with Gasteiger partial charge in [-0.1, -0.05) is 31.4 Å². The number of rotatable bonds is 5. The van der Waals surface area contributed by atoms with E-state index in [0.29, 0.717) is 0 Å². The molecule has 1 aromatic carbocycles. The fraction of sp³-hybridized carbons (Fsp3) is 0.556. The lowest BCUT2D eigenvalue weighted by Gasteiger charge is -2.21. The predicted molar refractivity (Wildman–Crippen MR) is 86.1 cm³/mol. The quantitative estimate of drug-likeness (QED) is 0.809. The van der Waals surface area contributed by atoms with Crippen LogP contribution < -0.4 is 5.32 Å². The summed E-state index contributed by atoms with van der Waals surface area (Å²) >= 11 is 0. The van der Waals surface area contributed by atoms with Crippen LogP contribution in [-0.2, 0) is 6.54 Å². The number of benzene rings is 1. The van der Waals surface area contributed by atoms with E-state index in [2.05, 4.69) is 47.3 Å². The van der Waals surface area contributed by atoms with E-state index in [4.69, 9.17) is 0 Å². The Hall–Kier alpha value is -1.28. The van der Waals surface area contributed by atoms with Crippen molar-refractivity contribution >= 4 is 10.9 Å². The van der Waals surface area contributed by atoms with Crippen LogP contribution in [0.5, 0.6) is 0 Å². The lowest BCUT2D eigenvalue weighted by molar-refractivity contribution is 0.341. The highest BCUT2D eigenvalue weighted by molar-refractivity contribution is 5.83. The highest BCUT2D eigenvalue weighted by atomic mass is 15.0. The molecule has 1 heterocycles. The lowest BCUT2D eigenvalue weighted by atomic mass is 9.89. The Kier molecular flexibility index (Phi) is 4.41. The summed E-state index contributed by atoms with van der Waals surface area (Å²) in [5.41, 5.74) is 2.74. The second-order valence-corrected chi connectivity index (χ2v) is 6.23. The number of hydrogen-bond acceptors (Lipinski definition) is 1. The van der Waals surface area contributed by atoms with Gasteiger partial charge in [0.15, 0.2) is 0 Å². The van der Waals surface area contributed by atoms with Crippen LogP contribution in [0.3, 0.4) is 0 Å². The van der Waals surface area contributed by atoms with E-state index in [1.165, 1.54) is 55.1 Å². The lowest BCUT2D eigenvalue weighted by Crippen LogP contribution is -2.27. The third-order valence-corrected chi connectivity index (χ3v) is 4.72. The fourth-order valence-electron chi connectivity index (χ4n) is 3.47. The molecule has 2 heteroatoms. The van der Waals surface area contributed by atoms with Crippen LogP contribution in [0, 0.1) is 12.8 Å². The molecule has 0 radical (unpaired) electrons. The summed E-state index contributed by atoms with van der Waals surface area (Å²) in [7, 11) is 0. The van der Waals surface area contributed by atoms with E-state index < -0.39 is 0 Å². The number of aromatic nitrogens is 1. The maximum absolute atomic E-state index is 3.65. The Balaban J connectivity index is 1.51. The van der Waals surface area contributed by atoms with Gasteiger partial charge < -0.3 is 9.88 Å². The van der Waals surface area contributed by atoms with Gasteiger partial charge >= 0.3 is 0 Å². The topological polar surface area (TPSA) is 17.0 Å². The summed E-state index contributed by atoms with van der Waals surface area (Å²) in [4.78, 5) is 0. The van der Waals surface area contributed by atoms with Gasteiger partial charge in [0.25, 0.3) is 0 Å². The number of hydrogen-bond donors (Lipinski definition) is 1. The average molecular weight is 270 g/mol. The summed E-state index contributed by atoms with van der Waals surface area (Å²) in [6, 6.07) is 8.81. The molecule has 1 aliphatic rings. The second-order valence-electron chi connectivity index (χ2n) is 6.23. The zero-order chi connectivity index (χ0) is 13.8. The molecule has 20 heavy (non-hydrogen) atoms. The van der Waals surface area contributed by atoms with Crippen LogP contribution in [0.15, 0.2) is 30.5 Å². The minimum atomic E-state index is 0.924. The van der Waals surface area contributed by atoms with Gasteiger partial charge in [-0.3, -0.25) is 0 Å². The first-order chi connectivity index (χ1) is 9.84. The highest BCUT2D eigenvalue weighted by Gasteiger charge is 2.12. The van der Waals surface area contributed by atoms with Gasteiger partial charge in [-0.2, -0.15) is 0 Å². The van der Waals surface area contributed by atoms with Gasteiger partial charge in [0.05, 0.1) is 0 Å². The molecule has 0 spiro atoms. The minimum Gasteiger partial charge on any atom is -0.346 e. The van der Waals surface area contributed by atoms with Crippen molar-refractivity contribution in [2.24, 2.45) is 5.92 Å². The van der Waals surface area contributed by atoms with Crippen LogP contribution in [0.1, 0.15) is 37.7 Å². The molecule has 0 bridgehead atoms. The van der Waals surface area contributed by atoms with Gasteiger partial charge in [-0.05, 0) is 49.9 Å². The highest BCUT2D eigenvalue weighted by Crippen LogP contribution is 2.23. The van der Waals surface area contributed by atoms with Crippen molar-refractivity contribution in [1.29, 1.82) is 0 Å². The van der Waals surface area contributed by atoms with Crippen molar-refractivity contribution in [2.45, 2.75) is 45.6 Å². The van der Waals surface area contributed by atoms with E-state index >= 15 is 0 Å². The summed E-state index contributed by atoms with van der Waals surface area (Å²) in [6.07, 6.45) is 9.41. The molecule has 2 nitrogen and oxygen atoms in total. The van der Waals surface area contributed by atoms with Crippen LogP contribution >= 0.6 is 0 Å². The molecule has 3 rings (SSSR count). The number of aryl methyl sites for hydroxylation is 1. The maximum atomic E-state index is 3.65. The van der Waals surface area contributed by atoms with Gasteiger partial charge in [-0.25, -0.2) is 0 Å². The second kappa shape index (κ2) is 6.45. The van der Waals surface area contributed by atoms with E-state index in [-0.39, 0.29) is 0 Å². The summed E-state index contributed by atoms with van der Waals surface area (Å²) < 4.78 is 2.37.